The van der Waals surface area contributed by atoms with Gasteiger partial charge in [-0.25, -0.2) is 4.98 Å². The number of para-hydroxylation sites is 1. The maximum atomic E-state index is 12.6. The van der Waals surface area contributed by atoms with E-state index in [4.69, 9.17) is 10.7 Å². The summed E-state index contributed by atoms with van der Waals surface area (Å²) in [5, 5.41) is 3.82. The van der Waals surface area contributed by atoms with Crippen molar-refractivity contribution < 1.29 is 4.79 Å². The molecule has 0 saturated heterocycles. The summed E-state index contributed by atoms with van der Waals surface area (Å²) in [7, 11) is 0. The summed E-state index contributed by atoms with van der Waals surface area (Å²) in [5.41, 5.74) is 10.1. The second kappa shape index (κ2) is 6.24. The van der Waals surface area contributed by atoms with Crippen molar-refractivity contribution in [3.05, 3.63) is 52.5 Å². The number of anilines is 2. The Morgan fingerprint density at radius 3 is 2.75 bits per heavy atom. The van der Waals surface area contributed by atoms with E-state index in [1.807, 2.05) is 30.3 Å². The maximum absolute atomic E-state index is 12.6. The van der Waals surface area contributed by atoms with Gasteiger partial charge in [0.1, 0.15) is 9.71 Å². The van der Waals surface area contributed by atoms with Crippen molar-refractivity contribution in [3.8, 4) is 0 Å². The number of thiophene rings is 1. The van der Waals surface area contributed by atoms with Crippen LogP contribution in [0.3, 0.4) is 0 Å². The number of nitrogens with two attached hydrogens (primary N) is 1. The van der Waals surface area contributed by atoms with E-state index in [1.54, 1.807) is 0 Å². The first kappa shape index (κ1) is 15.1. The summed E-state index contributed by atoms with van der Waals surface area (Å²) in [6.45, 7) is 0. The van der Waals surface area contributed by atoms with Crippen LogP contribution >= 0.6 is 11.3 Å². The number of hydrogen-bond acceptors (Lipinski definition) is 4. The molecular weight excluding hydrogens is 318 g/mol. The first-order chi connectivity index (χ1) is 11.7. The smallest absolute Gasteiger partial charge is 0.267 e. The summed E-state index contributed by atoms with van der Waals surface area (Å²) in [6, 6.07) is 11.6. The number of carbonyl (C=O) groups excluding carboxylic acids is 1. The monoisotopic (exact) mass is 337 g/mol. The molecule has 1 aliphatic rings. The molecule has 1 aliphatic carbocycles. The van der Waals surface area contributed by atoms with Crippen molar-refractivity contribution in [2.75, 3.05) is 11.1 Å². The first-order valence-electron chi connectivity index (χ1n) is 8.29. The number of nitrogens with zero attached hydrogens (tertiary/aromatic N) is 1. The normalized spacial score (nSPS) is 14.2. The van der Waals surface area contributed by atoms with Crippen LogP contribution in [0.5, 0.6) is 0 Å². The molecule has 24 heavy (non-hydrogen) atoms. The molecule has 2 aromatic heterocycles. The minimum atomic E-state index is -0.170. The lowest BCUT2D eigenvalue weighted by atomic mass is 10.1. The number of nitrogens with one attached hydrogen (secondary N) is 1. The van der Waals surface area contributed by atoms with Gasteiger partial charge in [-0.2, -0.15) is 0 Å². The van der Waals surface area contributed by atoms with Gasteiger partial charge < -0.3 is 11.1 Å². The second-order valence-corrected chi connectivity index (χ2v) is 7.17. The van der Waals surface area contributed by atoms with E-state index < -0.39 is 0 Å². The number of nitrogen functional groups attached to an aromatic ring is 1. The fourth-order valence-electron chi connectivity index (χ4n) is 3.21. The van der Waals surface area contributed by atoms with Crippen molar-refractivity contribution in [1.29, 1.82) is 0 Å². The molecular formula is C19H19N3OS. The minimum absolute atomic E-state index is 0.170. The number of aryl methyl sites for hydroxylation is 2. The Morgan fingerprint density at radius 2 is 1.92 bits per heavy atom. The van der Waals surface area contributed by atoms with E-state index in [9.17, 15) is 4.79 Å². The highest BCUT2D eigenvalue weighted by atomic mass is 32.1. The summed E-state index contributed by atoms with van der Waals surface area (Å²) < 4.78 is 0. The Kier molecular flexibility index (Phi) is 3.94. The van der Waals surface area contributed by atoms with E-state index in [-0.39, 0.29) is 5.91 Å². The van der Waals surface area contributed by atoms with E-state index in [2.05, 4.69) is 11.4 Å². The van der Waals surface area contributed by atoms with Crippen LogP contribution < -0.4 is 11.1 Å². The van der Waals surface area contributed by atoms with Crippen molar-refractivity contribution in [3.63, 3.8) is 0 Å². The van der Waals surface area contributed by atoms with Gasteiger partial charge in [-0.05, 0) is 49.4 Å². The molecule has 0 fully saturated rings. The fourth-order valence-corrected chi connectivity index (χ4v) is 4.21. The highest BCUT2D eigenvalue weighted by Gasteiger charge is 2.20. The molecule has 4 nitrogen and oxygen atoms in total. The van der Waals surface area contributed by atoms with Gasteiger partial charge >= 0.3 is 0 Å². The van der Waals surface area contributed by atoms with Gasteiger partial charge in [-0.3, -0.25) is 4.79 Å². The molecule has 122 valence electrons. The van der Waals surface area contributed by atoms with E-state index >= 15 is 0 Å². The number of pyridine rings is 1. The zero-order valence-corrected chi connectivity index (χ0v) is 14.2. The molecule has 1 aromatic carbocycles. The molecule has 3 aromatic rings. The van der Waals surface area contributed by atoms with Crippen molar-refractivity contribution >= 4 is 38.8 Å². The predicted molar refractivity (Wildman–Crippen MR) is 99.7 cm³/mol. The number of amides is 1. The van der Waals surface area contributed by atoms with Gasteiger partial charge in [0.15, 0.2) is 0 Å². The van der Waals surface area contributed by atoms with Crippen LogP contribution in [-0.2, 0) is 12.8 Å². The van der Waals surface area contributed by atoms with Gasteiger partial charge in [0.25, 0.3) is 5.91 Å². The quantitative estimate of drug-likeness (QED) is 0.681. The molecule has 0 radical (unpaired) electrons. The van der Waals surface area contributed by atoms with Crippen LogP contribution in [0.1, 0.15) is 40.2 Å². The molecule has 4 rings (SSSR count). The lowest BCUT2D eigenvalue weighted by molar-refractivity contribution is 0.103. The average Bonchev–Trinajstić information content (AvgIpc) is 2.77. The lowest BCUT2D eigenvalue weighted by Crippen LogP contribution is -2.11. The molecule has 5 heteroatoms. The van der Waals surface area contributed by atoms with Crippen LogP contribution in [0.4, 0.5) is 11.4 Å². The van der Waals surface area contributed by atoms with Crippen LogP contribution in [-0.4, -0.2) is 10.9 Å². The summed E-state index contributed by atoms with van der Waals surface area (Å²) in [6.07, 6.45) is 5.72. The SMILES string of the molecule is Nc1c(C(=O)Nc2ccccc2)sc2nc3c(cc12)CCCCC3. The Bertz CT molecular complexity index is 902. The molecule has 0 spiro atoms. The van der Waals surface area contributed by atoms with Gasteiger partial charge in [-0.1, -0.05) is 24.6 Å². The average molecular weight is 337 g/mol. The van der Waals surface area contributed by atoms with Gasteiger partial charge in [-0.15, -0.1) is 11.3 Å². The van der Waals surface area contributed by atoms with Gasteiger partial charge in [0.05, 0.1) is 5.69 Å². The summed E-state index contributed by atoms with van der Waals surface area (Å²) in [4.78, 5) is 18.8. The molecule has 0 aliphatic heterocycles. The number of benzene rings is 1. The largest absolute Gasteiger partial charge is 0.397 e. The zero-order chi connectivity index (χ0) is 16.5. The molecule has 0 saturated carbocycles. The van der Waals surface area contributed by atoms with Crippen LogP contribution in [0.2, 0.25) is 0 Å². The van der Waals surface area contributed by atoms with E-state index in [1.165, 1.54) is 41.9 Å². The second-order valence-electron chi connectivity index (χ2n) is 6.17. The summed E-state index contributed by atoms with van der Waals surface area (Å²) in [5.74, 6) is -0.170. The molecule has 0 unspecified atom stereocenters. The third-order valence-corrected chi connectivity index (χ3v) is 5.60. The van der Waals surface area contributed by atoms with Crippen LogP contribution in [0, 0.1) is 0 Å². The molecule has 0 atom stereocenters. The molecule has 2 heterocycles. The van der Waals surface area contributed by atoms with Crippen molar-refractivity contribution in [2.24, 2.45) is 0 Å². The summed E-state index contributed by atoms with van der Waals surface area (Å²) >= 11 is 1.38. The first-order valence-corrected chi connectivity index (χ1v) is 9.11. The van der Waals surface area contributed by atoms with Crippen molar-refractivity contribution in [2.45, 2.75) is 32.1 Å². The number of carbonyl (C=O) groups is 1. The lowest BCUT2D eigenvalue weighted by Gasteiger charge is -2.05. The highest BCUT2D eigenvalue weighted by Crippen LogP contribution is 2.35. The maximum Gasteiger partial charge on any atom is 0.267 e. The zero-order valence-electron chi connectivity index (χ0n) is 13.3. The fraction of sp³-hybridized carbons (Fsp3) is 0.263. The Hall–Kier alpha value is -2.40. The third-order valence-electron chi connectivity index (χ3n) is 4.49. The Labute approximate surface area is 144 Å². The third kappa shape index (κ3) is 2.76. The number of fused-ring (bicyclic) bond motifs is 2. The van der Waals surface area contributed by atoms with Crippen molar-refractivity contribution in [1.82, 2.24) is 4.98 Å². The van der Waals surface area contributed by atoms with Crippen LogP contribution in [0.25, 0.3) is 10.2 Å². The van der Waals surface area contributed by atoms with Gasteiger partial charge in [0, 0.05) is 16.8 Å². The molecule has 3 N–H and O–H groups in total. The molecule has 0 bridgehead atoms. The van der Waals surface area contributed by atoms with Gasteiger partial charge in [0.2, 0.25) is 0 Å². The van der Waals surface area contributed by atoms with E-state index in [0.29, 0.717) is 10.6 Å². The van der Waals surface area contributed by atoms with Crippen LogP contribution in [0.15, 0.2) is 36.4 Å². The Morgan fingerprint density at radius 1 is 1.12 bits per heavy atom. The Balaban J connectivity index is 1.71. The topological polar surface area (TPSA) is 68.0 Å². The minimum Gasteiger partial charge on any atom is -0.397 e. The number of hydrogen-bond donors (Lipinski definition) is 2. The standard InChI is InChI=1S/C19H19N3OS/c20-16-14-11-12-7-3-1-6-10-15(12)22-19(14)24-17(16)18(23)21-13-8-4-2-5-9-13/h2,4-5,8-9,11H,1,3,6-7,10,20H2,(H,21,23). The molecule has 1 amide bonds. The number of aromatic nitrogens is 1. The highest BCUT2D eigenvalue weighted by molar-refractivity contribution is 7.21. The van der Waals surface area contributed by atoms with E-state index in [0.717, 1.165) is 28.7 Å². The predicted octanol–water partition coefficient (Wildman–Crippen LogP) is 4.40. The number of rotatable bonds is 2.